The standard InChI is InChI=1S/C14H18O4S/c1-18-14(17)12(6-3-7-19)9-10-4-2-5-11(8-10)13(15)16/h2,4-5,8,12,19H,3,6-7,9H2,1H3,(H,15,16). The minimum absolute atomic E-state index is 0.232. The van der Waals surface area contributed by atoms with Gasteiger partial charge in [-0.1, -0.05) is 12.1 Å². The summed E-state index contributed by atoms with van der Waals surface area (Å²) in [5.41, 5.74) is 1.06. The van der Waals surface area contributed by atoms with Crippen LogP contribution in [0.5, 0.6) is 0 Å². The Hall–Kier alpha value is -1.49. The van der Waals surface area contributed by atoms with Gasteiger partial charge < -0.3 is 9.84 Å². The third-order valence-electron chi connectivity index (χ3n) is 2.90. The van der Waals surface area contributed by atoms with Crippen LogP contribution in [0, 0.1) is 5.92 Å². The zero-order valence-electron chi connectivity index (χ0n) is 10.8. The summed E-state index contributed by atoms with van der Waals surface area (Å²) in [5, 5.41) is 8.94. The molecule has 1 aromatic rings. The molecule has 19 heavy (non-hydrogen) atoms. The van der Waals surface area contributed by atoms with Crippen molar-refractivity contribution < 1.29 is 19.4 Å². The van der Waals surface area contributed by atoms with Crippen LogP contribution in [-0.2, 0) is 16.0 Å². The number of benzene rings is 1. The summed E-state index contributed by atoms with van der Waals surface area (Å²) in [6.07, 6.45) is 2.00. The van der Waals surface area contributed by atoms with Gasteiger partial charge in [0.05, 0.1) is 18.6 Å². The number of ether oxygens (including phenoxy) is 1. The van der Waals surface area contributed by atoms with Crippen molar-refractivity contribution in [3.05, 3.63) is 35.4 Å². The second-order valence-electron chi connectivity index (χ2n) is 4.30. The molecule has 0 fully saturated rings. The Morgan fingerprint density at radius 1 is 1.42 bits per heavy atom. The summed E-state index contributed by atoms with van der Waals surface area (Å²) in [5.74, 6) is -0.765. The van der Waals surface area contributed by atoms with E-state index >= 15 is 0 Å². The normalized spacial score (nSPS) is 11.9. The summed E-state index contributed by atoms with van der Waals surface area (Å²) < 4.78 is 4.78. The summed E-state index contributed by atoms with van der Waals surface area (Å²) in [6.45, 7) is 0. The third kappa shape index (κ3) is 4.95. The van der Waals surface area contributed by atoms with E-state index in [0.29, 0.717) is 18.6 Å². The predicted octanol–water partition coefficient (Wildman–Crippen LogP) is 2.43. The van der Waals surface area contributed by atoms with Crippen molar-refractivity contribution in [3.63, 3.8) is 0 Å². The summed E-state index contributed by atoms with van der Waals surface area (Å²) in [4.78, 5) is 22.6. The van der Waals surface area contributed by atoms with E-state index in [4.69, 9.17) is 9.84 Å². The molecule has 0 heterocycles. The average Bonchev–Trinajstić information content (AvgIpc) is 2.42. The Labute approximate surface area is 118 Å². The lowest BCUT2D eigenvalue weighted by atomic mass is 9.94. The highest BCUT2D eigenvalue weighted by molar-refractivity contribution is 7.80. The summed E-state index contributed by atoms with van der Waals surface area (Å²) >= 11 is 4.13. The van der Waals surface area contributed by atoms with Crippen LogP contribution in [0.3, 0.4) is 0 Å². The van der Waals surface area contributed by atoms with Crippen molar-refractivity contribution in [2.24, 2.45) is 5.92 Å². The highest BCUT2D eigenvalue weighted by atomic mass is 32.1. The molecule has 1 atom stereocenters. The number of rotatable bonds is 7. The van der Waals surface area contributed by atoms with Gasteiger partial charge in [0.2, 0.25) is 0 Å². The maximum absolute atomic E-state index is 11.7. The molecule has 4 nitrogen and oxygen atoms in total. The van der Waals surface area contributed by atoms with Crippen molar-refractivity contribution >= 4 is 24.6 Å². The predicted molar refractivity (Wildman–Crippen MR) is 75.7 cm³/mol. The van der Waals surface area contributed by atoms with Crippen LogP contribution >= 0.6 is 12.6 Å². The molecular weight excluding hydrogens is 264 g/mol. The zero-order chi connectivity index (χ0) is 14.3. The molecule has 0 aromatic heterocycles. The zero-order valence-corrected chi connectivity index (χ0v) is 11.7. The van der Waals surface area contributed by atoms with Crippen molar-refractivity contribution in [1.29, 1.82) is 0 Å². The summed E-state index contributed by atoms with van der Waals surface area (Å²) in [7, 11) is 1.36. The van der Waals surface area contributed by atoms with Crippen LogP contribution in [0.15, 0.2) is 24.3 Å². The number of methoxy groups -OCH3 is 1. The molecule has 1 rings (SSSR count). The topological polar surface area (TPSA) is 63.6 Å². The molecule has 1 aromatic carbocycles. The summed E-state index contributed by atoms with van der Waals surface area (Å²) in [6, 6.07) is 6.64. The van der Waals surface area contributed by atoms with Crippen LogP contribution in [0.1, 0.15) is 28.8 Å². The number of hydrogen-bond donors (Lipinski definition) is 2. The van der Waals surface area contributed by atoms with Crippen molar-refractivity contribution in [2.45, 2.75) is 19.3 Å². The molecule has 0 amide bonds. The fourth-order valence-corrected chi connectivity index (χ4v) is 2.11. The average molecular weight is 282 g/mol. The van der Waals surface area contributed by atoms with Gasteiger partial charge in [0.1, 0.15) is 0 Å². The van der Waals surface area contributed by atoms with Crippen LogP contribution in [-0.4, -0.2) is 29.9 Å². The Kier molecular flexibility index (Phi) is 6.42. The Morgan fingerprint density at radius 2 is 2.16 bits per heavy atom. The molecule has 1 N–H and O–H groups in total. The lowest BCUT2D eigenvalue weighted by molar-refractivity contribution is -0.145. The molecular formula is C14H18O4S. The van der Waals surface area contributed by atoms with Crippen molar-refractivity contribution in [1.82, 2.24) is 0 Å². The number of aromatic carboxylic acids is 1. The molecule has 0 aliphatic heterocycles. The quantitative estimate of drug-likeness (QED) is 0.595. The Morgan fingerprint density at radius 3 is 2.74 bits per heavy atom. The first-order valence-electron chi connectivity index (χ1n) is 6.09. The molecule has 0 saturated carbocycles. The SMILES string of the molecule is COC(=O)C(CCCS)Cc1cccc(C(=O)O)c1. The monoisotopic (exact) mass is 282 g/mol. The fourth-order valence-electron chi connectivity index (χ4n) is 1.92. The van der Waals surface area contributed by atoms with Crippen LogP contribution in [0.2, 0.25) is 0 Å². The van der Waals surface area contributed by atoms with E-state index in [2.05, 4.69) is 12.6 Å². The molecule has 104 valence electrons. The first-order valence-corrected chi connectivity index (χ1v) is 6.72. The third-order valence-corrected chi connectivity index (χ3v) is 3.22. The van der Waals surface area contributed by atoms with E-state index in [1.54, 1.807) is 12.1 Å². The molecule has 0 aliphatic carbocycles. The molecule has 5 heteroatoms. The van der Waals surface area contributed by atoms with E-state index in [1.165, 1.54) is 13.2 Å². The Bertz CT molecular complexity index is 445. The molecule has 0 aliphatic rings. The van der Waals surface area contributed by atoms with Crippen molar-refractivity contribution in [3.8, 4) is 0 Å². The van der Waals surface area contributed by atoms with Gasteiger partial charge >= 0.3 is 11.9 Å². The lowest BCUT2D eigenvalue weighted by Crippen LogP contribution is -2.19. The number of carbonyl (C=O) groups excluding carboxylic acids is 1. The lowest BCUT2D eigenvalue weighted by Gasteiger charge is -2.14. The van der Waals surface area contributed by atoms with Gasteiger partial charge in [-0.15, -0.1) is 0 Å². The second-order valence-corrected chi connectivity index (χ2v) is 4.74. The maximum Gasteiger partial charge on any atom is 0.335 e. The van der Waals surface area contributed by atoms with Crippen molar-refractivity contribution in [2.75, 3.05) is 12.9 Å². The number of hydrogen-bond acceptors (Lipinski definition) is 4. The fraction of sp³-hybridized carbons (Fsp3) is 0.429. The van der Waals surface area contributed by atoms with Crippen LogP contribution in [0.25, 0.3) is 0 Å². The maximum atomic E-state index is 11.7. The number of carboxylic acids is 1. The van der Waals surface area contributed by atoms with Gasteiger partial charge in [0, 0.05) is 0 Å². The molecule has 0 saturated heterocycles. The molecule has 0 radical (unpaired) electrons. The molecule has 0 bridgehead atoms. The highest BCUT2D eigenvalue weighted by Gasteiger charge is 2.19. The van der Waals surface area contributed by atoms with E-state index in [1.807, 2.05) is 6.07 Å². The van der Waals surface area contributed by atoms with Gasteiger partial charge in [0.15, 0.2) is 0 Å². The molecule has 0 spiro atoms. The highest BCUT2D eigenvalue weighted by Crippen LogP contribution is 2.17. The van der Waals surface area contributed by atoms with E-state index in [9.17, 15) is 9.59 Å². The first-order chi connectivity index (χ1) is 9.08. The van der Waals surface area contributed by atoms with Gasteiger partial charge in [0.25, 0.3) is 0 Å². The largest absolute Gasteiger partial charge is 0.478 e. The van der Waals surface area contributed by atoms with Crippen LogP contribution in [0.4, 0.5) is 0 Å². The number of carboxylic acid groups (broad SMARTS) is 1. The minimum Gasteiger partial charge on any atom is -0.478 e. The minimum atomic E-state index is -0.966. The van der Waals surface area contributed by atoms with Gasteiger partial charge in [-0.25, -0.2) is 4.79 Å². The number of thiol groups is 1. The second kappa shape index (κ2) is 7.84. The Balaban J connectivity index is 2.80. The van der Waals surface area contributed by atoms with E-state index < -0.39 is 5.97 Å². The van der Waals surface area contributed by atoms with Gasteiger partial charge in [-0.2, -0.15) is 12.6 Å². The smallest absolute Gasteiger partial charge is 0.335 e. The van der Waals surface area contributed by atoms with E-state index in [0.717, 1.165) is 12.0 Å². The van der Waals surface area contributed by atoms with Gasteiger partial charge in [-0.05, 0) is 42.7 Å². The van der Waals surface area contributed by atoms with Crippen LogP contribution < -0.4 is 0 Å². The van der Waals surface area contributed by atoms with Gasteiger partial charge in [-0.3, -0.25) is 4.79 Å². The number of esters is 1. The first kappa shape index (κ1) is 15.6. The molecule has 1 unspecified atom stereocenters. The van der Waals surface area contributed by atoms with E-state index in [-0.39, 0.29) is 17.5 Å². The number of carbonyl (C=O) groups is 2.